The molecule has 6 nitrogen and oxygen atoms in total. The highest BCUT2D eigenvalue weighted by Gasteiger charge is 2.15. The minimum atomic E-state index is 0.586. The van der Waals surface area contributed by atoms with Gasteiger partial charge in [0.2, 0.25) is 5.88 Å². The lowest BCUT2D eigenvalue weighted by atomic mass is 10.2. The van der Waals surface area contributed by atoms with E-state index in [4.69, 9.17) is 16.3 Å². The van der Waals surface area contributed by atoms with Crippen molar-refractivity contribution >= 4 is 47.1 Å². The molecule has 1 N–H and O–H groups in total. The summed E-state index contributed by atoms with van der Waals surface area (Å²) in [6.45, 7) is 7.66. The van der Waals surface area contributed by atoms with E-state index in [9.17, 15) is 0 Å². The average molecular weight is 402 g/mol. The molecule has 3 aromatic rings. The quantitative estimate of drug-likeness (QED) is 0.349. The number of aromatic nitrogens is 3. The first-order valence-electron chi connectivity index (χ1n) is 8.21. The number of imidazole rings is 1. The van der Waals surface area contributed by atoms with E-state index in [-0.39, 0.29) is 0 Å². The van der Waals surface area contributed by atoms with Gasteiger partial charge in [-0.05, 0) is 38.3 Å². The zero-order chi connectivity index (χ0) is 19.4. The number of aliphatic imine (C=N–C) groups is 1. The zero-order valence-electron chi connectivity index (χ0n) is 15.4. The van der Waals surface area contributed by atoms with Crippen molar-refractivity contribution in [3.05, 3.63) is 58.0 Å². The summed E-state index contributed by atoms with van der Waals surface area (Å²) < 4.78 is 7.02. The molecule has 8 heteroatoms. The predicted molar refractivity (Wildman–Crippen MR) is 114 cm³/mol. The molecule has 3 aromatic heterocycles. The largest absolute Gasteiger partial charge is 0.481 e. The van der Waals surface area contributed by atoms with Crippen molar-refractivity contribution in [2.75, 3.05) is 18.3 Å². The van der Waals surface area contributed by atoms with Gasteiger partial charge in [0.1, 0.15) is 0 Å². The fourth-order valence-corrected chi connectivity index (χ4v) is 3.66. The molecule has 0 fully saturated rings. The van der Waals surface area contributed by atoms with E-state index < -0.39 is 0 Å². The van der Waals surface area contributed by atoms with E-state index >= 15 is 0 Å². The molecule has 0 saturated carbocycles. The molecular weight excluding hydrogens is 382 g/mol. The molecule has 140 valence electrons. The van der Waals surface area contributed by atoms with E-state index in [0.717, 1.165) is 34.0 Å². The second-order valence-electron chi connectivity index (χ2n) is 5.84. The fourth-order valence-electron chi connectivity index (χ4n) is 2.67. The Morgan fingerprint density at radius 3 is 2.93 bits per heavy atom. The number of fused-ring (bicyclic) bond motifs is 1. The van der Waals surface area contributed by atoms with E-state index in [1.54, 1.807) is 25.1 Å². The lowest BCUT2D eigenvalue weighted by Crippen LogP contribution is -1.98. The van der Waals surface area contributed by atoms with Crippen LogP contribution in [0, 0.1) is 13.8 Å². The standard InChI is InChI=1S/C19H20ClN5OS/c1-12-7-15(20)19-24-13(2)18(25(19)9-12)16(21-3)10-27-11-23-14-5-6-17(26-4)22-8-14/h5-10,23H,3,11H2,1-2,4H3/b16-10-. The maximum Gasteiger partial charge on any atom is 0.213 e. The summed E-state index contributed by atoms with van der Waals surface area (Å²) in [5, 5.41) is 5.87. The van der Waals surface area contributed by atoms with Crippen molar-refractivity contribution in [2.24, 2.45) is 4.99 Å². The van der Waals surface area contributed by atoms with Gasteiger partial charge in [-0.3, -0.25) is 9.39 Å². The van der Waals surface area contributed by atoms with Crippen LogP contribution in [0.1, 0.15) is 17.0 Å². The molecule has 0 unspecified atom stereocenters. The number of anilines is 1. The Balaban J connectivity index is 1.77. The molecule has 27 heavy (non-hydrogen) atoms. The van der Waals surface area contributed by atoms with E-state index in [2.05, 4.69) is 27.0 Å². The molecule has 0 spiro atoms. The van der Waals surface area contributed by atoms with Crippen LogP contribution in [0.3, 0.4) is 0 Å². The monoisotopic (exact) mass is 401 g/mol. The summed E-state index contributed by atoms with van der Waals surface area (Å²) in [5.41, 5.74) is 5.19. The lowest BCUT2D eigenvalue weighted by Gasteiger charge is -2.07. The van der Waals surface area contributed by atoms with Gasteiger partial charge in [-0.1, -0.05) is 11.6 Å². The third kappa shape index (κ3) is 4.26. The molecule has 0 atom stereocenters. The number of pyridine rings is 2. The maximum absolute atomic E-state index is 6.33. The molecule has 3 heterocycles. The minimum absolute atomic E-state index is 0.586. The Hall–Kier alpha value is -2.51. The van der Waals surface area contributed by atoms with Crippen molar-refractivity contribution < 1.29 is 4.74 Å². The number of ether oxygens (including phenoxy) is 1. The summed E-state index contributed by atoms with van der Waals surface area (Å²) in [6.07, 6.45) is 3.73. The van der Waals surface area contributed by atoms with Crippen LogP contribution in [0.25, 0.3) is 11.3 Å². The first-order chi connectivity index (χ1) is 13.0. The smallest absolute Gasteiger partial charge is 0.213 e. The van der Waals surface area contributed by atoms with Crippen molar-refractivity contribution in [2.45, 2.75) is 13.8 Å². The summed E-state index contributed by atoms with van der Waals surface area (Å²) in [6, 6.07) is 5.63. The third-order valence-electron chi connectivity index (χ3n) is 3.90. The van der Waals surface area contributed by atoms with Gasteiger partial charge in [-0.2, -0.15) is 0 Å². The Bertz CT molecular complexity index is 997. The normalized spacial score (nSPS) is 11.6. The molecule has 0 saturated heterocycles. The van der Waals surface area contributed by atoms with Gasteiger partial charge < -0.3 is 10.1 Å². The molecule has 0 aliphatic heterocycles. The van der Waals surface area contributed by atoms with Gasteiger partial charge >= 0.3 is 0 Å². The maximum atomic E-state index is 6.33. The van der Waals surface area contributed by atoms with E-state index in [0.29, 0.717) is 16.8 Å². The van der Waals surface area contributed by atoms with Crippen LogP contribution in [0.15, 0.2) is 41.0 Å². The first kappa shape index (κ1) is 19.3. The molecule has 0 bridgehead atoms. The van der Waals surface area contributed by atoms with E-state index in [1.807, 2.05) is 48.1 Å². The second-order valence-corrected chi connectivity index (χ2v) is 7.11. The van der Waals surface area contributed by atoms with Crippen molar-refractivity contribution in [3.63, 3.8) is 0 Å². The highest BCUT2D eigenvalue weighted by atomic mass is 35.5. The number of methoxy groups -OCH3 is 1. The fraction of sp³-hybridized carbons (Fsp3) is 0.211. The summed E-state index contributed by atoms with van der Waals surface area (Å²) in [7, 11) is 1.59. The van der Waals surface area contributed by atoms with Crippen LogP contribution in [0.2, 0.25) is 5.02 Å². The molecular formula is C19H20ClN5OS. The Morgan fingerprint density at radius 1 is 1.44 bits per heavy atom. The molecule has 0 aromatic carbocycles. The van der Waals surface area contributed by atoms with Gasteiger partial charge in [0.15, 0.2) is 5.65 Å². The van der Waals surface area contributed by atoms with Crippen molar-refractivity contribution in [1.82, 2.24) is 14.4 Å². The summed E-state index contributed by atoms with van der Waals surface area (Å²) in [5.74, 6) is 1.24. The zero-order valence-corrected chi connectivity index (χ0v) is 16.9. The number of aryl methyl sites for hydroxylation is 2. The van der Waals surface area contributed by atoms with Crippen LogP contribution in [0.4, 0.5) is 5.69 Å². The van der Waals surface area contributed by atoms with Crippen LogP contribution in [0.5, 0.6) is 5.88 Å². The van der Waals surface area contributed by atoms with Gasteiger partial charge in [0.25, 0.3) is 0 Å². The number of halogens is 1. The van der Waals surface area contributed by atoms with Crippen LogP contribution < -0.4 is 10.1 Å². The average Bonchev–Trinajstić information content (AvgIpc) is 2.99. The molecule has 0 radical (unpaired) electrons. The first-order valence-corrected chi connectivity index (χ1v) is 9.63. The highest BCUT2D eigenvalue weighted by Crippen LogP contribution is 2.28. The number of hydrogen-bond donors (Lipinski definition) is 1. The number of hydrogen-bond acceptors (Lipinski definition) is 6. The minimum Gasteiger partial charge on any atom is -0.481 e. The SMILES string of the molecule is C=N/C(=C\SCNc1ccc(OC)nc1)c1c(C)nc2c(Cl)cc(C)cn12. The predicted octanol–water partition coefficient (Wildman–Crippen LogP) is 4.81. The lowest BCUT2D eigenvalue weighted by molar-refractivity contribution is 0.398. The number of rotatable bonds is 7. The number of nitrogens with zero attached hydrogens (tertiary/aromatic N) is 4. The third-order valence-corrected chi connectivity index (χ3v) is 4.88. The number of nitrogens with one attached hydrogen (secondary N) is 1. The van der Waals surface area contributed by atoms with Gasteiger partial charge in [-0.15, -0.1) is 11.8 Å². The van der Waals surface area contributed by atoms with Gasteiger partial charge in [-0.25, -0.2) is 9.97 Å². The topological polar surface area (TPSA) is 63.8 Å². The molecule has 0 aliphatic rings. The Kier molecular flexibility index (Phi) is 6.03. The molecule has 3 rings (SSSR count). The Morgan fingerprint density at radius 2 is 2.26 bits per heavy atom. The van der Waals surface area contributed by atoms with Gasteiger partial charge in [0.05, 0.1) is 47.0 Å². The number of thioether (sulfide) groups is 1. The molecule has 0 aliphatic carbocycles. The van der Waals surface area contributed by atoms with E-state index in [1.165, 1.54) is 0 Å². The summed E-state index contributed by atoms with van der Waals surface area (Å²) >= 11 is 7.91. The highest BCUT2D eigenvalue weighted by molar-refractivity contribution is 8.02. The summed E-state index contributed by atoms with van der Waals surface area (Å²) in [4.78, 5) is 12.9. The van der Waals surface area contributed by atoms with Crippen LogP contribution >= 0.6 is 23.4 Å². The van der Waals surface area contributed by atoms with Crippen molar-refractivity contribution in [1.29, 1.82) is 0 Å². The van der Waals surface area contributed by atoms with Crippen molar-refractivity contribution in [3.8, 4) is 5.88 Å². The molecule has 0 amide bonds. The van der Waals surface area contributed by atoms with Crippen LogP contribution in [-0.2, 0) is 0 Å². The van der Waals surface area contributed by atoms with Gasteiger partial charge in [0, 0.05) is 17.7 Å². The Labute approximate surface area is 167 Å². The van der Waals surface area contributed by atoms with Crippen LogP contribution in [-0.4, -0.2) is 34.1 Å². The second kappa shape index (κ2) is 8.45.